The first kappa shape index (κ1) is 46.3. The Hall–Kier alpha value is -4.76. The van der Waals surface area contributed by atoms with Crippen LogP contribution in [-0.4, -0.2) is 126 Å². The van der Waals surface area contributed by atoms with Crippen LogP contribution in [0.2, 0.25) is 0 Å². The van der Waals surface area contributed by atoms with Crippen LogP contribution in [0.25, 0.3) is 0 Å². The molecule has 1 rings (SSSR count). The standard InChI is InChI=1S/C32H61N13O8/c1-17(2)23(44-25(47)19-10-6-14-38-19)29(51)43-20(9-4-5-13-33)26(48)41-21(11-7-15-39-31(34)35)27(49)42-22(12-8-16-40-32(36)37)28(50)45-24(18(3)46)30(52)53/h17-24,38,46H,4-16,33H2,1-3H3,(H,41,48)(H,42,49)(H,43,51)(H,44,47)(H,45,50)(H,52,53)(H4,34,35,39)(H4,36,37,40)/t18-,19+,20+,21+,22+,23+,24+/m1/s1. The van der Waals surface area contributed by atoms with Crippen LogP contribution in [0.15, 0.2) is 9.98 Å². The number of aliphatic hydroxyl groups is 1. The Labute approximate surface area is 309 Å². The van der Waals surface area contributed by atoms with Gasteiger partial charge in [0.05, 0.1) is 12.1 Å². The van der Waals surface area contributed by atoms with Crippen LogP contribution < -0.4 is 60.6 Å². The Morgan fingerprint density at radius 3 is 1.57 bits per heavy atom. The third kappa shape index (κ3) is 18.0. The van der Waals surface area contributed by atoms with E-state index in [0.29, 0.717) is 32.4 Å². The number of nitrogens with two attached hydrogens (primary N) is 5. The van der Waals surface area contributed by atoms with Crippen molar-refractivity contribution < 1.29 is 39.0 Å². The summed E-state index contributed by atoms with van der Waals surface area (Å²) in [6.45, 7) is 5.91. The molecule has 1 aliphatic heterocycles. The lowest BCUT2D eigenvalue weighted by Crippen LogP contribution is -2.60. The molecule has 1 fully saturated rings. The Kier molecular flexibility index (Phi) is 21.4. The Balaban J connectivity index is 3.32. The van der Waals surface area contributed by atoms with Gasteiger partial charge < -0.3 is 70.8 Å². The van der Waals surface area contributed by atoms with Gasteiger partial charge in [0.2, 0.25) is 29.5 Å². The molecule has 1 heterocycles. The number of rotatable bonds is 25. The predicted octanol–water partition coefficient (Wildman–Crippen LogP) is -4.48. The van der Waals surface area contributed by atoms with Gasteiger partial charge in [0.25, 0.3) is 0 Å². The van der Waals surface area contributed by atoms with E-state index in [4.69, 9.17) is 28.7 Å². The summed E-state index contributed by atoms with van der Waals surface area (Å²) in [6.07, 6.45) is 1.48. The minimum atomic E-state index is -1.68. The fraction of sp³-hybridized carbons (Fsp3) is 0.750. The molecule has 0 unspecified atom stereocenters. The number of nitrogens with one attached hydrogen (secondary N) is 6. The molecule has 302 valence electrons. The van der Waals surface area contributed by atoms with Gasteiger partial charge in [0.1, 0.15) is 24.2 Å². The maximum absolute atomic E-state index is 13.8. The molecular formula is C32H61N13O8. The lowest BCUT2D eigenvalue weighted by Gasteiger charge is -2.28. The quantitative estimate of drug-likeness (QED) is 0.0237. The maximum Gasteiger partial charge on any atom is 0.328 e. The fourth-order valence-corrected chi connectivity index (χ4v) is 5.45. The van der Waals surface area contributed by atoms with Gasteiger partial charge >= 0.3 is 5.97 Å². The van der Waals surface area contributed by atoms with Gasteiger partial charge in [-0.05, 0) is 83.7 Å². The number of carboxylic acids is 1. The van der Waals surface area contributed by atoms with Gasteiger partial charge in [-0.15, -0.1) is 0 Å². The van der Waals surface area contributed by atoms with Crippen molar-refractivity contribution in [2.24, 2.45) is 44.6 Å². The van der Waals surface area contributed by atoms with E-state index in [1.807, 2.05) is 0 Å². The van der Waals surface area contributed by atoms with Crippen molar-refractivity contribution in [1.82, 2.24) is 31.9 Å². The van der Waals surface area contributed by atoms with E-state index in [9.17, 15) is 39.0 Å². The number of hydrogen-bond donors (Lipinski definition) is 13. The molecule has 0 aromatic rings. The summed E-state index contributed by atoms with van der Waals surface area (Å²) in [7, 11) is 0. The lowest BCUT2D eigenvalue weighted by atomic mass is 10.0. The van der Waals surface area contributed by atoms with E-state index in [2.05, 4.69) is 41.9 Å². The number of hydrogen-bond acceptors (Lipinski definition) is 11. The van der Waals surface area contributed by atoms with E-state index in [0.717, 1.165) is 6.42 Å². The zero-order valence-corrected chi connectivity index (χ0v) is 30.9. The smallest absolute Gasteiger partial charge is 0.328 e. The number of aliphatic carboxylic acids is 1. The minimum Gasteiger partial charge on any atom is -0.480 e. The molecule has 0 radical (unpaired) electrons. The number of aliphatic imine (C=N–C) groups is 2. The Morgan fingerprint density at radius 1 is 0.698 bits per heavy atom. The first-order chi connectivity index (χ1) is 25.0. The van der Waals surface area contributed by atoms with Gasteiger partial charge in [0, 0.05) is 13.1 Å². The Morgan fingerprint density at radius 2 is 1.17 bits per heavy atom. The van der Waals surface area contributed by atoms with Crippen molar-refractivity contribution in [2.45, 2.75) is 121 Å². The summed E-state index contributed by atoms with van der Waals surface area (Å²) in [4.78, 5) is 86.7. The van der Waals surface area contributed by atoms with Crippen LogP contribution in [0, 0.1) is 5.92 Å². The van der Waals surface area contributed by atoms with Crippen molar-refractivity contribution in [3.05, 3.63) is 0 Å². The Bertz CT molecular complexity index is 1270. The normalized spacial score (nSPS) is 17.2. The van der Waals surface area contributed by atoms with E-state index in [-0.39, 0.29) is 68.9 Å². The number of unbranched alkanes of at least 4 members (excludes halogenated alkanes) is 1. The van der Waals surface area contributed by atoms with E-state index < -0.39 is 72.0 Å². The second-order valence-electron chi connectivity index (χ2n) is 13.3. The summed E-state index contributed by atoms with van der Waals surface area (Å²) in [5, 5.41) is 35.4. The summed E-state index contributed by atoms with van der Waals surface area (Å²) in [6, 6.07) is -6.81. The molecule has 21 heteroatoms. The number of carbonyl (C=O) groups is 6. The third-order valence-corrected chi connectivity index (χ3v) is 8.41. The summed E-state index contributed by atoms with van der Waals surface area (Å²) in [5.74, 6) is -5.54. The van der Waals surface area contributed by atoms with Crippen LogP contribution in [0.1, 0.15) is 78.6 Å². The molecule has 1 saturated heterocycles. The van der Waals surface area contributed by atoms with Crippen LogP contribution >= 0.6 is 0 Å². The predicted molar refractivity (Wildman–Crippen MR) is 198 cm³/mol. The van der Waals surface area contributed by atoms with Gasteiger partial charge in [-0.2, -0.15) is 0 Å². The summed E-state index contributed by atoms with van der Waals surface area (Å²) in [5.41, 5.74) is 27.3. The molecule has 0 aromatic carbocycles. The largest absolute Gasteiger partial charge is 0.480 e. The summed E-state index contributed by atoms with van der Waals surface area (Å²) < 4.78 is 0. The van der Waals surface area contributed by atoms with Crippen LogP contribution in [0.4, 0.5) is 0 Å². The average Bonchev–Trinajstić information content (AvgIpc) is 3.62. The molecule has 1 aliphatic rings. The molecular weight excluding hydrogens is 694 g/mol. The molecule has 5 amide bonds. The van der Waals surface area contributed by atoms with Gasteiger partial charge in [-0.3, -0.25) is 34.0 Å². The molecule has 0 aromatic heterocycles. The number of guanidine groups is 2. The number of carbonyl (C=O) groups excluding carboxylic acids is 5. The van der Waals surface area contributed by atoms with Gasteiger partial charge in [-0.25, -0.2) is 4.79 Å². The lowest BCUT2D eigenvalue weighted by molar-refractivity contribution is -0.145. The van der Waals surface area contributed by atoms with Crippen molar-refractivity contribution >= 4 is 47.4 Å². The van der Waals surface area contributed by atoms with E-state index >= 15 is 0 Å². The molecule has 0 spiro atoms. The number of nitrogens with zero attached hydrogens (tertiary/aromatic N) is 2. The molecule has 53 heavy (non-hydrogen) atoms. The molecule has 18 N–H and O–H groups in total. The topological polar surface area (TPSA) is 370 Å². The van der Waals surface area contributed by atoms with Crippen LogP contribution in [0.3, 0.4) is 0 Å². The highest BCUT2D eigenvalue weighted by atomic mass is 16.4. The third-order valence-electron chi connectivity index (χ3n) is 8.41. The first-order valence-corrected chi connectivity index (χ1v) is 17.9. The molecule has 0 saturated carbocycles. The zero-order chi connectivity index (χ0) is 40.1. The highest BCUT2D eigenvalue weighted by Gasteiger charge is 2.34. The van der Waals surface area contributed by atoms with Crippen LogP contribution in [0.5, 0.6) is 0 Å². The zero-order valence-electron chi connectivity index (χ0n) is 30.9. The fourth-order valence-electron chi connectivity index (χ4n) is 5.45. The molecule has 0 bridgehead atoms. The van der Waals surface area contributed by atoms with Crippen molar-refractivity contribution in [3.63, 3.8) is 0 Å². The van der Waals surface area contributed by atoms with Gasteiger partial charge in [-0.1, -0.05) is 13.8 Å². The molecule has 7 atom stereocenters. The minimum absolute atomic E-state index is 0.00928. The first-order valence-electron chi connectivity index (χ1n) is 17.9. The second kappa shape index (κ2) is 24.5. The second-order valence-corrected chi connectivity index (χ2v) is 13.3. The monoisotopic (exact) mass is 755 g/mol. The maximum atomic E-state index is 13.8. The van der Waals surface area contributed by atoms with Crippen molar-refractivity contribution in [3.8, 4) is 0 Å². The SMILES string of the molecule is CC(C)[C@H](NC(=O)[C@@H]1CCCN1)C(=O)N[C@@H](CCCCN)C(=O)N[C@@H](CCCN=C(N)N)C(=O)N[C@@H](CCCN=C(N)N)C(=O)N[C@H](C(=O)O)[C@@H](C)O. The number of aliphatic hydroxyl groups excluding tert-OH is 1. The highest BCUT2D eigenvalue weighted by molar-refractivity contribution is 5.96. The molecule has 0 aliphatic carbocycles. The summed E-state index contributed by atoms with van der Waals surface area (Å²) >= 11 is 0. The van der Waals surface area contributed by atoms with Crippen LogP contribution in [-0.2, 0) is 28.8 Å². The van der Waals surface area contributed by atoms with E-state index in [1.54, 1.807) is 13.8 Å². The van der Waals surface area contributed by atoms with E-state index in [1.165, 1.54) is 6.92 Å². The average molecular weight is 756 g/mol. The highest BCUT2D eigenvalue weighted by Crippen LogP contribution is 2.11. The van der Waals surface area contributed by atoms with Gasteiger partial charge in [0.15, 0.2) is 18.0 Å². The number of carboxylic acid groups (broad SMARTS) is 1. The number of amides is 5. The molecule has 21 nitrogen and oxygen atoms in total. The van der Waals surface area contributed by atoms with Crippen molar-refractivity contribution in [1.29, 1.82) is 0 Å². The van der Waals surface area contributed by atoms with Crippen molar-refractivity contribution in [2.75, 3.05) is 26.2 Å².